The average Bonchev–Trinajstić information content (AvgIpc) is 3.28. The van der Waals surface area contributed by atoms with E-state index in [1.165, 1.54) is 16.9 Å². The normalized spacial score (nSPS) is 10.8. The highest BCUT2D eigenvalue weighted by Gasteiger charge is 2.20. The number of ether oxygens (including phenoxy) is 1. The minimum atomic E-state index is -0.471. The number of nitrogens with zero attached hydrogens (tertiary/aromatic N) is 2. The lowest BCUT2D eigenvalue weighted by Crippen LogP contribution is -2.12. The minimum absolute atomic E-state index is 0.298. The number of hydrogen-bond donors (Lipinski definition) is 1. The highest BCUT2D eigenvalue weighted by Crippen LogP contribution is 2.28. The van der Waals surface area contributed by atoms with Crippen LogP contribution in [-0.4, -0.2) is 28.0 Å². The lowest BCUT2D eigenvalue weighted by Gasteiger charge is -2.11. The van der Waals surface area contributed by atoms with E-state index in [0.29, 0.717) is 22.9 Å². The number of thiazole rings is 1. The first-order valence-corrected chi connectivity index (χ1v) is 10.1. The van der Waals surface area contributed by atoms with Crippen LogP contribution in [0.5, 0.6) is 0 Å². The fourth-order valence-corrected chi connectivity index (χ4v) is 3.86. The van der Waals surface area contributed by atoms with Gasteiger partial charge in [-0.1, -0.05) is 30.3 Å². The van der Waals surface area contributed by atoms with E-state index < -0.39 is 11.9 Å². The van der Waals surface area contributed by atoms with E-state index in [0.717, 1.165) is 30.8 Å². The van der Waals surface area contributed by atoms with Gasteiger partial charge in [0.2, 0.25) is 5.01 Å². The van der Waals surface area contributed by atoms with Crippen molar-refractivity contribution in [2.45, 2.75) is 33.2 Å². The Morgan fingerprint density at radius 1 is 1.25 bits per heavy atom. The zero-order valence-electron chi connectivity index (χ0n) is 16.0. The molecular formula is C21H23N3O3S. The number of aryl methyl sites for hydroxylation is 1. The number of hydrogen-bond acceptors (Lipinski definition) is 5. The zero-order valence-corrected chi connectivity index (χ0v) is 16.8. The molecule has 146 valence electrons. The van der Waals surface area contributed by atoms with Gasteiger partial charge < -0.3 is 15.0 Å². The molecule has 2 N–H and O–H groups in total. The summed E-state index contributed by atoms with van der Waals surface area (Å²) in [5.74, 6) is -0.908. The zero-order chi connectivity index (χ0) is 20.1. The third-order valence-electron chi connectivity index (χ3n) is 4.54. The molecule has 1 amide bonds. The molecule has 0 saturated heterocycles. The van der Waals surface area contributed by atoms with Crippen molar-refractivity contribution in [3.05, 3.63) is 63.6 Å². The minimum Gasteiger partial charge on any atom is -0.461 e. The summed E-state index contributed by atoms with van der Waals surface area (Å²) in [5.41, 5.74) is 9.51. The maximum absolute atomic E-state index is 11.9. The SMILES string of the molecule is CCOC(=O)c1nc(-c2cc(C(N)=O)c(C)n2CCCc2ccccc2)cs1. The molecule has 28 heavy (non-hydrogen) atoms. The van der Waals surface area contributed by atoms with E-state index in [1.54, 1.807) is 18.4 Å². The molecule has 2 aromatic heterocycles. The van der Waals surface area contributed by atoms with Crippen molar-refractivity contribution in [3.63, 3.8) is 0 Å². The summed E-state index contributed by atoms with van der Waals surface area (Å²) >= 11 is 1.23. The maximum Gasteiger partial charge on any atom is 0.367 e. The van der Waals surface area contributed by atoms with E-state index >= 15 is 0 Å². The molecule has 0 spiro atoms. The van der Waals surface area contributed by atoms with Crippen molar-refractivity contribution in [3.8, 4) is 11.4 Å². The molecule has 2 heterocycles. The van der Waals surface area contributed by atoms with E-state index in [2.05, 4.69) is 17.1 Å². The number of nitrogens with two attached hydrogens (primary N) is 1. The van der Waals surface area contributed by atoms with Crippen LogP contribution in [0.4, 0.5) is 0 Å². The van der Waals surface area contributed by atoms with Gasteiger partial charge in [0, 0.05) is 17.6 Å². The van der Waals surface area contributed by atoms with Crippen LogP contribution in [0.2, 0.25) is 0 Å². The second-order valence-corrected chi connectivity index (χ2v) is 7.25. The summed E-state index contributed by atoms with van der Waals surface area (Å²) in [4.78, 5) is 28.2. The fraction of sp³-hybridized carbons (Fsp3) is 0.286. The number of aromatic nitrogens is 2. The third kappa shape index (κ3) is 4.31. The molecular weight excluding hydrogens is 374 g/mol. The van der Waals surface area contributed by atoms with Crippen LogP contribution >= 0.6 is 11.3 Å². The third-order valence-corrected chi connectivity index (χ3v) is 5.36. The quantitative estimate of drug-likeness (QED) is 0.585. The lowest BCUT2D eigenvalue weighted by atomic mass is 10.1. The molecule has 0 fully saturated rings. The van der Waals surface area contributed by atoms with E-state index in [9.17, 15) is 9.59 Å². The molecule has 1 aromatic carbocycles. The summed E-state index contributed by atoms with van der Waals surface area (Å²) < 4.78 is 7.07. The van der Waals surface area contributed by atoms with Crippen LogP contribution in [0.1, 0.15) is 44.8 Å². The van der Waals surface area contributed by atoms with Crippen molar-refractivity contribution in [1.82, 2.24) is 9.55 Å². The van der Waals surface area contributed by atoms with Crippen molar-refractivity contribution in [2.75, 3.05) is 6.61 Å². The van der Waals surface area contributed by atoms with Gasteiger partial charge in [0.25, 0.3) is 5.91 Å². The topological polar surface area (TPSA) is 87.2 Å². The second-order valence-electron chi connectivity index (χ2n) is 6.39. The van der Waals surface area contributed by atoms with Gasteiger partial charge in [0.05, 0.1) is 23.6 Å². The van der Waals surface area contributed by atoms with Crippen molar-refractivity contribution < 1.29 is 14.3 Å². The Balaban J connectivity index is 1.86. The summed E-state index contributed by atoms with van der Waals surface area (Å²) in [6.07, 6.45) is 1.83. The van der Waals surface area contributed by atoms with Gasteiger partial charge in [-0.05, 0) is 38.3 Å². The van der Waals surface area contributed by atoms with E-state index in [-0.39, 0.29) is 0 Å². The summed E-state index contributed by atoms with van der Waals surface area (Å²) in [5, 5.41) is 2.10. The predicted octanol–water partition coefficient (Wildman–Crippen LogP) is 3.83. The standard InChI is InChI=1S/C21H23N3O3S/c1-3-27-21(26)20-23-17(13-28-20)18-12-16(19(22)25)14(2)24(18)11-7-10-15-8-5-4-6-9-15/h4-6,8-9,12-13H,3,7,10-11H2,1-2H3,(H2,22,25). The first kappa shape index (κ1) is 19.8. The molecule has 0 unspecified atom stereocenters. The van der Waals surface area contributed by atoms with Crippen molar-refractivity contribution >= 4 is 23.2 Å². The Morgan fingerprint density at radius 2 is 2.00 bits per heavy atom. The maximum atomic E-state index is 11.9. The Bertz CT molecular complexity index is 976. The monoisotopic (exact) mass is 397 g/mol. The average molecular weight is 398 g/mol. The Labute approximate surface area is 168 Å². The smallest absolute Gasteiger partial charge is 0.367 e. The van der Waals surface area contributed by atoms with Crippen LogP contribution in [0.15, 0.2) is 41.8 Å². The molecule has 0 saturated carbocycles. The van der Waals surface area contributed by atoms with Gasteiger partial charge in [-0.15, -0.1) is 11.3 Å². The Hall–Kier alpha value is -2.93. The van der Waals surface area contributed by atoms with Gasteiger partial charge in [-0.3, -0.25) is 4.79 Å². The van der Waals surface area contributed by atoms with Crippen LogP contribution in [0, 0.1) is 6.92 Å². The molecule has 0 atom stereocenters. The predicted molar refractivity (Wildman–Crippen MR) is 110 cm³/mol. The summed E-state index contributed by atoms with van der Waals surface area (Å²) in [7, 11) is 0. The number of benzene rings is 1. The molecule has 0 aliphatic heterocycles. The number of carbonyl (C=O) groups excluding carboxylic acids is 2. The van der Waals surface area contributed by atoms with Crippen LogP contribution < -0.4 is 5.73 Å². The molecule has 0 aliphatic carbocycles. The molecule has 0 bridgehead atoms. The Kier molecular flexibility index (Phi) is 6.26. The van der Waals surface area contributed by atoms with Gasteiger partial charge in [0.15, 0.2) is 0 Å². The van der Waals surface area contributed by atoms with Crippen LogP contribution in [0.25, 0.3) is 11.4 Å². The van der Waals surface area contributed by atoms with Crippen LogP contribution in [0.3, 0.4) is 0 Å². The Morgan fingerprint density at radius 3 is 2.68 bits per heavy atom. The summed E-state index contributed by atoms with van der Waals surface area (Å²) in [6.45, 7) is 4.65. The number of amides is 1. The second kappa shape index (κ2) is 8.84. The number of rotatable bonds is 8. The molecule has 7 heteroatoms. The van der Waals surface area contributed by atoms with Gasteiger partial charge >= 0.3 is 5.97 Å². The van der Waals surface area contributed by atoms with E-state index in [4.69, 9.17) is 10.5 Å². The number of esters is 1. The first-order valence-electron chi connectivity index (χ1n) is 9.18. The number of primary amides is 1. The van der Waals surface area contributed by atoms with E-state index in [1.807, 2.05) is 29.7 Å². The molecule has 0 radical (unpaired) electrons. The number of carbonyl (C=O) groups is 2. The highest BCUT2D eigenvalue weighted by molar-refractivity contribution is 7.11. The van der Waals surface area contributed by atoms with Gasteiger partial charge in [-0.25, -0.2) is 9.78 Å². The largest absolute Gasteiger partial charge is 0.461 e. The van der Waals surface area contributed by atoms with Crippen LogP contribution in [-0.2, 0) is 17.7 Å². The summed E-state index contributed by atoms with van der Waals surface area (Å²) in [6, 6.07) is 12.0. The van der Waals surface area contributed by atoms with Gasteiger partial charge in [-0.2, -0.15) is 0 Å². The van der Waals surface area contributed by atoms with Crippen molar-refractivity contribution in [2.24, 2.45) is 5.73 Å². The lowest BCUT2D eigenvalue weighted by molar-refractivity contribution is 0.0526. The molecule has 0 aliphatic rings. The first-order chi connectivity index (χ1) is 13.5. The molecule has 3 rings (SSSR count). The fourth-order valence-electron chi connectivity index (χ4n) is 3.16. The molecule has 6 nitrogen and oxygen atoms in total. The van der Waals surface area contributed by atoms with Gasteiger partial charge in [0.1, 0.15) is 0 Å². The van der Waals surface area contributed by atoms with Crippen molar-refractivity contribution in [1.29, 1.82) is 0 Å². The molecule has 3 aromatic rings. The highest BCUT2D eigenvalue weighted by atomic mass is 32.1.